The summed E-state index contributed by atoms with van der Waals surface area (Å²) in [7, 11) is 4.74. The SMILES string of the molecule is COc1ccc(CN(C(=O)Cc2ccc(OC)c(OC)c2)[C@H](C(=O)NCCC(C)C)c2ccccc2)cc1. The van der Waals surface area contributed by atoms with E-state index in [1.165, 1.54) is 0 Å². The van der Waals surface area contributed by atoms with E-state index in [1.54, 1.807) is 38.4 Å². The first-order chi connectivity index (χ1) is 18.4. The molecule has 0 bridgehead atoms. The van der Waals surface area contributed by atoms with Crippen LogP contribution < -0.4 is 19.5 Å². The molecule has 2 amide bonds. The third kappa shape index (κ3) is 7.75. The van der Waals surface area contributed by atoms with Crippen molar-refractivity contribution in [2.45, 2.75) is 39.3 Å². The highest BCUT2D eigenvalue weighted by Crippen LogP contribution is 2.29. The summed E-state index contributed by atoms with van der Waals surface area (Å²) < 4.78 is 16.1. The molecular weight excluding hydrogens is 480 g/mol. The zero-order valence-electron chi connectivity index (χ0n) is 22.9. The van der Waals surface area contributed by atoms with Crippen LogP contribution in [-0.2, 0) is 22.6 Å². The molecule has 0 aromatic heterocycles. The molecular formula is C31H38N2O5. The molecule has 0 unspecified atom stereocenters. The van der Waals surface area contributed by atoms with Crippen molar-refractivity contribution in [1.29, 1.82) is 0 Å². The van der Waals surface area contributed by atoms with Gasteiger partial charge in [0.1, 0.15) is 11.8 Å². The van der Waals surface area contributed by atoms with Crippen molar-refractivity contribution in [1.82, 2.24) is 10.2 Å². The number of benzene rings is 3. The number of ether oxygens (including phenoxy) is 3. The van der Waals surface area contributed by atoms with Crippen LogP contribution in [0, 0.1) is 5.92 Å². The Morgan fingerprint density at radius 2 is 1.47 bits per heavy atom. The molecule has 1 atom stereocenters. The van der Waals surface area contributed by atoms with E-state index in [0.29, 0.717) is 24.0 Å². The Bertz CT molecular complexity index is 1180. The van der Waals surface area contributed by atoms with Gasteiger partial charge in [-0.15, -0.1) is 0 Å². The van der Waals surface area contributed by atoms with Gasteiger partial charge in [-0.3, -0.25) is 9.59 Å². The van der Waals surface area contributed by atoms with Gasteiger partial charge in [-0.2, -0.15) is 0 Å². The Kier molecular flexibility index (Phi) is 10.6. The first-order valence-electron chi connectivity index (χ1n) is 12.8. The monoisotopic (exact) mass is 518 g/mol. The number of nitrogens with zero attached hydrogens (tertiary/aromatic N) is 1. The first kappa shape index (κ1) is 28.6. The summed E-state index contributed by atoms with van der Waals surface area (Å²) in [5.41, 5.74) is 2.41. The average Bonchev–Trinajstić information content (AvgIpc) is 2.93. The van der Waals surface area contributed by atoms with Gasteiger partial charge in [0, 0.05) is 13.1 Å². The number of rotatable bonds is 13. The van der Waals surface area contributed by atoms with E-state index in [-0.39, 0.29) is 24.8 Å². The zero-order chi connectivity index (χ0) is 27.5. The zero-order valence-corrected chi connectivity index (χ0v) is 22.9. The molecule has 0 spiro atoms. The summed E-state index contributed by atoms with van der Waals surface area (Å²) in [5, 5.41) is 3.06. The van der Waals surface area contributed by atoms with E-state index in [4.69, 9.17) is 14.2 Å². The van der Waals surface area contributed by atoms with Crippen LogP contribution in [0.4, 0.5) is 0 Å². The Hall–Kier alpha value is -4.00. The predicted molar refractivity (Wildman–Crippen MR) is 148 cm³/mol. The Morgan fingerprint density at radius 1 is 0.816 bits per heavy atom. The van der Waals surface area contributed by atoms with Gasteiger partial charge in [0.05, 0.1) is 27.8 Å². The van der Waals surface area contributed by atoms with Crippen LogP contribution in [0.3, 0.4) is 0 Å². The van der Waals surface area contributed by atoms with Crippen LogP contribution in [-0.4, -0.2) is 44.6 Å². The average molecular weight is 519 g/mol. The summed E-state index contributed by atoms with van der Waals surface area (Å²) in [6.07, 6.45) is 0.949. The molecule has 0 heterocycles. The number of hydrogen-bond donors (Lipinski definition) is 1. The minimum absolute atomic E-state index is 0.0963. The summed E-state index contributed by atoms with van der Waals surface area (Å²) in [6.45, 7) is 5.03. The van der Waals surface area contributed by atoms with Crippen molar-refractivity contribution >= 4 is 11.8 Å². The van der Waals surface area contributed by atoms with Gasteiger partial charge in [-0.05, 0) is 53.3 Å². The van der Waals surface area contributed by atoms with Crippen molar-refractivity contribution in [2.24, 2.45) is 5.92 Å². The molecule has 0 aliphatic carbocycles. The van der Waals surface area contributed by atoms with Crippen molar-refractivity contribution in [3.05, 3.63) is 89.5 Å². The Labute approximate surface area is 225 Å². The molecule has 0 fully saturated rings. The number of carbonyl (C=O) groups excluding carboxylic acids is 2. The lowest BCUT2D eigenvalue weighted by Crippen LogP contribution is -2.44. The molecule has 1 N–H and O–H groups in total. The fourth-order valence-corrected chi connectivity index (χ4v) is 4.21. The van der Waals surface area contributed by atoms with E-state index in [9.17, 15) is 9.59 Å². The summed E-state index contributed by atoms with van der Waals surface area (Å²) in [6, 6.07) is 21.6. The van der Waals surface area contributed by atoms with Crippen molar-refractivity contribution < 1.29 is 23.8 Å². The van der Waals surface area contributed by atoms with Gasteiger partial charge in [-0.1, -0.05) is 62.4 Å². The number of methoxy groups -OCH3 is 3. The second kappa shape index (κ2) is 14.1. The second-order valence-corrected chi connectivity index (χ2v) is 9.52. The van der Waals surface area contributed by atoms with Gasteiger partial charge in [0.15, 0.2) is 11.5 Å². The Morgan fingerprint density at radius 3 is 2.08 bits per heavy atom. The van der Waals surface area contributed by atoms with Crippen LogP contribution in [0.25, 0.3) is 0 Å². The molecule has 0 radical (unpaired) electrons. The standard InChI is InChI=1S/C31H38N2O5/c1-22(2)17-18-32-31(35)30(25-9-7-6-8-10-25)33(21-23-11-14-26(36-3)15-12-23)29(34)20-24-13-16-27(37-4)28(19-24)38-5/h6-16,19,22,30H,17-18,20-21H2,1-5H3,(H,32,35)/t30-/m0/s1. The smallest absolute Gasteiger partial charge is 0.247 e. The van der Waals surface area contributed by atoms with Gasteiger partial charge in [0.25, 0.3) is 0 Å². The normalized spacial score (nSPS) is 11.5. The quantitative estimate of drug-likeness (QED) is 0.337. The van der Waals surface area contributed by atoms with E-state index in [0.717, 1.165) is 28.9 Å². The highest BCUT2D eigenvalue weighted by Gasteiger charge is 2.31. The van der Waals surface area contributed by atoms with E-state index in [2.05, 4.69) is 19.2 Å². The predicted octanol–water partition coefficient (Wildman–Crippen LogP) is 5.19. The molecule has 38 heavy (non-hydrogen) atoms. The highest BCUT2D eigenvalue weighted by atomic mass is 16.5. The van der Waals surface area contributed by atoms with Crippen LogP contribution >= 0.6 is 0 Å². The lowest BCUT2D eigenvalue weighted by molar-refractivity contribution is -0.141. The summed E-state index contributed by atoms with van der Waals surface area (Å²) in [5.74, 6) is 1.93. The largest absolute Gasteiger partial charge is 0.497 e. The minimum Gasteiger partial charge on any atom is -0.497 e. The molecule has 202 valence electrons. The van der Waals surface area contributed by atoms with Gasteiger partial charge in [0.2, 0.25) is 11.8 Å². The molecule has 0 aliphatic rings. The fraction of sp³-hybridized carbons (Fsp3) is 0.355. The maximum Gasteiger partial charge on any atom is 0.247 e. The Balaban J connectivity index is 1.98. The molecule has 0 saturated heterocycles. The van der Waals surface area contributed by atoms with Crippen LogP contribution in [0.5, 0.6) is 17.2 Å². The van der Waals surface area contributed by atoms with Gasteiger partial charge in [-0.25, -0.2) is 0 Å². The van der Waals surface area contributed by atoms with Gasteiger partial charge < -0.3 is 24.4 Å². The van der Waals surface area contributed by atoms with E-state index in [1.807, 2.05) is 60.7 Å². The van der Waals surface area contributed by atoms with Crippen molar-refractivity contribution in [3.8, 4) is 17.2 Å². The number of nitrogens with one attached hydrogen (secondary N) is 1. The van der Waals surface area contributed by atoms with Crippen molar-refractivity contribution in [3.63, 3.8) is 0 Å². The maximum atomic E-state index is 13.9. The molecule has 7 heteroatoms. The van der Waals surface area contributed by atoms with Crippen LogP contribution in [0.1, 0.15) is 43.0 Å². The molecule has 0 saturated carbocycles. The highest BCUT2D eigenvalue weighted by molar-refractivity contribution is 5.89. The third-order valence-electron chi connectivity index (χ3n) is 6.33. The topological polar surface area (TPSA) is 77.1 Å². The molecule has 0 aliphatic heterocycles. The number of carbonyl (C=O) groups is 2. The summed E-state index contributed by atoms with van der Waals surface area (Å²) in [4.78, 5) is 29.2. The lowest BCUT2D eigenvalue weighted by atomic mass is 10.0. The molecule has 3 aromatic rings. The third-order valence-corrected chi connectivity index (χ3v) is 6.33. The fourth-order valence-electron chi connectivity index (χ4n) is 4.21. The van der Waals surface area contributed by atoms with E-state index >= 15 is 0 Å². The minimum atomic E-state index is -0.793. The lowest BCUT2D eigenvalue weighted by Gasteiger charge is -2.32. The molecule has 3 rings (SSSR count). The van der Waals surface area contributed by atoms with E-state index < -0.39 is 6.04 Å². The first-order valence-corrected chi connectivity index (χ1v) is 12.8. The second-order valence-electron chi connectivity index (χ2n) is 9.52. The molecule has 7 nitrogen and oxygen atoms in total. The van der Waals surface area contributed by atoms with Crippen molar-refractivity contribution in [2.75, 3.05) is 27.9 Å². The summed E-state index contributed by atoms with van der Waals surface area (Å²) >= 11 is 0. The van der Waals surface area contributed by atoms with Crippen LogP contribution in [0.2, 0.25) is 0 Å². The number of hydrogen-bond acceptors (Lipinski definition) is 5. The van der Waals surface area contributed by atoms with Crippen LogP contribution in [0.15, 0.2) is 72.8 Å². The maximum absolute atomic E-state index is 13.9. The number of amides is 2. The molecule has 3 aromatic carbocycles. The van der Waals surface area contributed by atoms with Gasteiger partial charge >= 0.3 is 0 Å².